The van der Waals surface area contributed by atoms with Gasteiger partial charge in [0.2, 0.25) is 5.78 Å². The van der Waals surface area contributed by atoms with Crippen LogP contribution in [0.3, 0.4) is 0 Å². The van der Waals surface area contributed by atoms with Crippen molar-refractivity contribution in [2.24, 2.45) is 0 Å². The second kappa shape index (κ2) is 3.73. The van der Waals surface area contributed by atoms with Crippen LogP contribution in [0.5, 0.6) is 0 Å². The zero-order valence-electron chi connectivity index (χ0n) is 9.99. The van der Waals surface area contributed by atoms with Crippen molar-refractivity contribution in [1.82, 2.24) is 29.4 Å². The number of fused-ring (bicyclic) bond motifs is 2. The highest BCUT2D eigenvalue weighted by Gasteiger charge is 2.12. The third kappa shape index (κ3) is 1.38. The van der Waals surface area contributed by atoms with Crippen LogP contribution in [0.1, 0.15) is 0 Å². The summed E-state index contributed by atoms with van der Waals surface area (Å²) in [5.74, 6) is -0.00221. The van der Waals surface area contributed by atoms with E-state index in [0.717, 1.165) is 0 Å². The normalized spacial score (nSPS) is 11.4. The van der Waals surface area contributed by atoms with Crippen LogP contribution in [-0.2, 0) is 0 Å². The van der Waals surface area contributed by atoms with Crippen molar-refractivity contribution in [3.8, 4) is 5.69 Å². The molecule has 0 aliphatic carbocycles. The Morgan fingerprint density at radius 3 is 2.80 bits per heavy atom. The molecule has 0 atom stereocenters. The van der Waals surface area contributed by atoms with E-state index < -0.39 is 0 Å². The zero-order chi connectivity index (χ0) is 13.7. The van der Waals surface area contributed by atoms with Crippen LogP contribution in [0.4, 0.5) is 4.39 Å². The van der Waals surface area contributed by atoms with Crippen LogP contribution >= 0.6 is 0 Å². The predicted octanol–water partition coefficient (Wildman–Crippen LogP) is 0.896. The molecule has 7 nitrogen and oxygen atoms in total. The van der Waals surface area contributed by atoms with Gasteiger partial charge in [0.05, 0.1) is 11.9 Å². The van der Waals surface area contributed by atoms with Crippen molar-refractivity contribution >= 4 is 16.8 Å². The molecule has 3 aromatic heterocycles. The fourth-order valence-electron chi connectivity index (χ4n) is 2.07. The SMILES string of the molecule is O=c1c2cn[nH]c2nc2n(-c3ccc(F)cc3)cnn12. The number of benzene rings is 1. The zero-order valence-corrected chi connectivity index (χ0v) is 9.99. The molecule has 0 saturated heterocycles. The number of halogens is 1. The van der Waals surface area contributed by atoms with Gasteiger partial charge in [0.15, 0.2) is 5.65 Å². The fourth-order valence-corrected chi connectivity index (χ4v) is 2.07. The first kappa shape index (κ1) is 10.9. The number of rotatable bonds is 1. The van der Waals surface area contributed by atoms with E-state index in [1.54, 1.807) is 16.7 Å². The topological polar surface area (TPSA) is 80.9 Å². The number of hydrogen-bond acceptors (Lipinski definition) is 4. The monoisotopic (exact) mass is 270 g/mol. The van der Waals surface area contributed by atoms with Crippen LogP contribution in [0.2, 0.25) is 0 Å². The Hall–Kier alpha value is -3.03. The summed E-state index contributed by atoms with van der Waals surface area (Å²) in [7, 11) is 0. The lowest BCUT2D eigenvalue weighted by Crippen LogP contribution is -2.15. The Balaban J connectivity index is 2.08. The summed E-state index contributed by atoms with van der Waals surface area (Å²) in [6, 6.07) is 5.83. The highest BCUT2D eigenvalue weighted by atomic mass is 19.1. The summed E-state index contributed by atoms with van der Waals surface area (Å²) in [6.45, 7) is 0. The Morgan fingerprint density at radius 2 is 2.00 bits per heavy atom. The molecule has 20 heavy (non-hydrogen) atoms. The molecule has 0 radical (unpaired) electrons. The minimum atomic E-state index is -0.334. The number of aromatic amines is 1. The Kier molecular flexibility index (Phi) is 2.02. The summed E-state index contributed by atoms with van der Waals surface area (Å²) in [5.41, 5.74) is 0.741. The van der Waals surface area contributed by atoms with Crippen LogP contribution in [0.25, 0.3) is 22.5 Å². The van der Waals surface area contributed by atoms with Crippen molar-refractivity contribution in [1.29, 1.82) is 0 Å². The second-order valence-corrected chi connectivity index (χ2v) is 4.24. The predicted molar refractivity (Wildman–Crippen MR) is 68.2 cm³/mol. The Labute approximate surface area is 110 Å². The average molecular weight is 270 g/mol. The molecule has 0 aliphatic heterocycles. The minimum absolute atomic E-state index is 0.306. The van der Waals surface area contributed by atoms with E-state index >= 15 is 0 Å². The second-order valence-electron chi connectivity index (χ2n) is 4.24. The summed E-state index contributed by atoms with van der Waals surface area (Å²) in [6.07, 6.45) is 2.87. The van der Waals surface area contributed by atoms with Gasteiger partial charge in [-0.1, -0.05) is 0 Å². The van der Waals surface area contributed by atoms with Gasteiger partial charge < -0.3 is 0 Å². The van der Waals surface area contributed by atoms with Gasteiger partial charge in [0.1, 0.15) is 17.5 Å². The molecule has 0 spiro atoms. The van der Waals surface area contributed by atoms with Gasteiger partial charge in [0.25, 0.3) is 5.56 Å². The summed E-state index contributed by atoms with van der Waals surface area (Å²) in [4.78, 5) is 16.5. The lowest BCUT2D eigenvalue weighted by atomic mass is 10.3. The van der Waals surface area contributed by atoms with Gasteiger partial charge in [-0.2, -0.15) is 19.7 Å². The van der Waals surface area contributed by atoms with Crippen molar-refractivity contribution in [3.05, 3.63) is 53.0 Å². The fraction of sp³-hybridized carbons (Fsp3) is 0. The largest absolute Gasteiger partial charge is 0.286 e. The summed E-state index contributed by atoms with van der Waals surface area (Å²) < 4.78 is 15.7. The van der Waals surface area contributed by atoms with Crippen molar-refractivity contribution in [3.63, 3.8) is 0 Å². The standard InChI is InChI=1S/C12H7FN6O/c13-7-1-3-8(4-2-7)18-6-15-19-11(20)9-5-14-17-10(9)16-12(18)19/h1-6H,(H,14,17). The summed E-state index contributed by atoms with van der Waals surface area (Å²) >= 11 is 0. The van der Waals surface area contributed by atoms with Crippen molar-refractivity contribution in [2.45, 2.75) is 0 Å². The van der Waals surface area contributed by atoms with E-state index in [4.69, 9.17) is 0 Å². The molecule has 0 fully saturated rings. The first-order valence-corrected chi connectivity index (χ1v) is 5.79. The molecular formula is C12H7FN6O. The van der Waals surface area contributed by atoms with E-state index in [0.29, 0.717) is 22.5 Å². The van der Waals surface area contributed by atoms with Crippen LogP contribution in [0, 0.1) is 5.82 Å². The minimum Gasteiger partial charge on any atom is -0.267 e. The van der Waals surface area contributed by atoms with Gasteiger partial charge in [0, 0.05) is 0 Å². The number of H-pyrrole nitrogens is 1. The maximum Gasteiger partial charge on any atom is 0.286 e. The smallest absolute Gasteiger partial charge is 0.267 e. The van der Waals surface area contributed by atoms with E-state index in [2.05, 4.69) is 20.3 Å². The van der Waals surface area contributed by atoms with Gasteiger partial charge in [-0.3, -0.25) is 14.5 Å². The molecule has 0 bridgehead atoms. The van der Waals surface area contributed by atoms with Gasteiger partial charge in [-0.25, -0.2) is 4.39 Å². The molecule has 0 unspecified atom stereocenters. The molecule has 1 N–H and O–H groups in total. The van der Waals surface area contributed by atoms with E-state index in [-0.39, 0.29) is 11.4 Å². The Morgan fingerprint density at radius 1 is 1.20 bits per heavy atom. The molecule has 0 saturated carbocycles. The number of nitrogens with one attached hydrogen (secondary N) is 1. The molecule has 98 valence electrons. The highest BCUT2D eigenvalue weighted by Crippen LogP contribution is 2.12. The number of aromatic nitrogens is 6. The molecule has 4 rings (SSSR count). The maximum atomic E-state index is 13.0. The molecule has 4 aromatic rings. The van der Waals surface area contributed by atoms with E-state index in [1.807, 2.05) is 0 Å². The average Bonchev–Trinajstić information content (AvgIpc) is 3.07. The number of hydrogen-bond donors (Lipinski definition) is 1. The molecule has 8 heteroatoms. The van der Waals surface area contributed by atoms with Crippen LogP contribution in [-0.4, -0.2) is 29.4 Å². The number of nitrogens with zero attached hydrogens (tertiary/aromatic N) is 5. The molecule has 0 amide bonds. The quantitative estimate of drug-likeness (QED) is 0.557. The molecule has 3 heterocycles. The first-order chi connectivity index (χ1) is 9.74. The van der Waals surface area contributed by atoms with Crippen LogP contribution in [0.15, 0.2) is 41.6 Å². The lowest BCUT2D eigenvalue weighted by molar-refractivity contribution is 0.627. The van der Waals surface area contributed by atoms with Crippen molar-refractivity contribution < 1.29 is 4.39 Å². The van der Waals surface area contributed by atoms with Gasteiger partial charge >= 0.3 is 0 Å². The summed E-state index contributed by atoms with van der Waals surface area (Å²) in [5, 5.41) is 10.8. The first-order valence-electron chi connectivity index (χ1n) is 5.79. The lowest BCUT2D eigenvalue weighted by Gasteiger charge is -2.02. The van der Waals surface area contributed by atoms with E-state index in [9.17, 15) is 9.18 Å². The van der Waals surface area contributed by atoms with Crippen LogP contribution < -0.4 is 5.56 Å². The van der Waals surface area contributed by atoms with Crippen molar-refractivity contribution in [2.75, 3.05) is 0 Å². The molecule has 1 aromatic carbocycles. The molecule has 0 aliphatic rings. The van der Waals surface area contributed by atoms with Gasteiger partial charge in [-0.15, -0.1) is 0 Å². The highest BCUT2D eigenvalue weighted by molar-refractivity contribution is 5.74. The van der Waals surface area contributed by atoms with E-state index in [1.165, 1.54) is 29.2 Å². The maximum absolute atomic E-state index is 13.0. The molecular weight excluding hydrogens is 263 g/mol. The third-order valence-corrected chi connectivity index (χ3v) is 3.05. The Bertz CT molecular complexity index is 981. The third-order valence-electron chi connectivity index (χ3n) is 3.05. The van der Waals surface area contributed by atoms with Gasteiger partial charge in [-0.05, 0) is 24.3 Å².